The summed E-state index contributed by atoms with van der Waals surface area (Å²) in [5.41, 5.74) is 0.552. The molecule has 0 bridgehead atoms. The molecule has 1 aliphatic rings. The maximum Gasteiger partial charge on any atom is 0.254 e. The largest absolute Gasteiger partial charge is 0.497 e. The molecule has 27 heavy (non-hydrogen) atoms. The Bertz CT molecular complexity index is 799. The molecule has 0 N–H and O–H groups in total. The third kappa shape index (κ3) is 4.60. The summed E-state index contributed by atoms with van der Waals surface area (Å²) in [6, 6.07) is 8.61. The van der Waals surface area contributed by atoms with Crippen LogP contribution in [0, 0.1) is 17.5 Å². The number of methoxy groups -OCH3 is 1. The number of hydrogen-bond donors (Lipinski definition) is 0. The molecule has 2 aromatic carbocycles. The van der Waals surface area contributed by atoms with Crippen LogP contribution in [0.2, 0.25) is 0 Å². The van der Waals surface area contributed by atoms with Crippen molar-refractivity contribution in [2.45, 2.75) is 25.5 Å². The summed E-state index contributed by atoms with van der Waals surface area (Å²) in [6.07, 6.45) is 1.55. The van der Waals surface area contributed by atoms with Gasteiger partial charge in [0, 0.05) is 25.3 Å². The van der Waals surface area contributed by atoms with Crippen LogP contribution in [0.3, 0.4) is 0 Å². The Morgan fingerprint density at radius 1 is 1.22 bits per heavy atom. The standard InChI is InChI=1S/C20H20F3NO3/c1-26-15-5-2-4-13(8-15)11-24(12-16-6-3-7-27-16)20(25)14-9-17(21)19(23)18(22)10-14/h2,4-5,8-10,16H,3,6-7,11-12H2,1H3. The van der Waals surface area contributed by atoms with E-state index in [0.717, 1.165) is 30.5 Å². The average Bonchev–Trinajstić information content (AvgIpc) is 3.18. The minimum atomic E-state index is -1.59. The maximum absolute atomic E-state index is 13.6. The molecule has 7 heteroatoms. The van der Waals surface area contributed by atoms with Gasteiger partial charge in [-0.15, -0.1) is 0 Å². The third-order valence-corrected chi connectivity index (χ3v) is 4.47. The van der Waals surface area contributed by atoms with Crippen molar-refractivity contribution in [2.75, 3.05) is 20.3 Å². The van der Waals surface area contributed by atoms with Gasteiger partial charge in [0.15, 0.2) is 17.5 Å². The second-order valence-corrected chi connectivity index (χ2v) is 6.43. The van der Waals surface area contributed by atoms with Gasteiger partial charge in [-0.2, -0.15) is 0 Å². The first kappa shape index (κ1) is 19.2. The van der Waals surface area contributed by atoms with Gasteiger partial charge in [-0.05, 0) is 42.7 Å². The van der Waals surface area contributed by atoms with Crippen molar-refractivity contribution >= 4 is 5.91 Å². The molecule has 0 aliphatic carbocycles. The van der Waals surface area contributed by atoms with Gasteiger partial charge < -0.3 is 14.4 Å². The summed E-state index contributed by atoms with van der Waals surface area (Å²) in [7, 11) is 1.54. The van der Waals surface area contributed by atoms with Crippen LogP contribution in [0.1, 0.15) is 28.8 Å². The number of ether oxygens (including phenoxy) is 2. The molecule has 1 atom stereocenters. The third-order valence-electron chi connectivity index (χ3n) is 4.47. The number of nitrogens with zero attached hydrogens (tertiary/aromatic N) is 1. The van der Waals surface area contributed by atoms with Crippen LogP contribution in [0.25, 0.3) is 0 Å². The minimum absolute atomic E-state index is 0.144. The number of benzene rings is 2. The van der Waals surface area contributed by atoms with Gasteiger partial charge in [-0.25, -0.2) is 13.2 Å². The number of halogens is 3. The highest BCUT2D eigenvalue weighted by Gasteiger charge is 2.25. The van der Waals surface area contributed by atoms with E-state index >= 15 is 0 Å². The second kappa shape index (κ2) is 8.43. The van der Waals surface area contributed by atoms with Crippen molar-refractivity contribution in [2.24, 2.45) is 0 Å². The molecular weight excluding hydrogens is 359 g/mol. The molecule has 3 rings (SSSR count). The van der Waals surface area contributed by atoms with E-state index in [1.54, 1.807) is 25.3 Å². The molecule has 1 heterocycles. The van der Waals surface area contributed by atoms with Crippen LogP contribution in [0.15, 0.2) is 36.4 Å². The smallest absolute Gasteiger partial charge is 0.254 e. The van der Waals surface area contributed by atoms with Crippen molar-refractivity contribution in [3.8, 4) is 5.75 Å². The normalized spacial score (nSPS) is 16.4. The fourth-order valence-corrected chi connectivity index (χ4v) is 3.11. The zero-order valence-corrected chi connectivity index (χ0v) is 14.9. The zero-order chi connectivity index (χ0) is 19.4. The topological polar surface area (TPSA) is 38.8 Å². The van der Waals surface area contributed by atoms with Crippen molar-refractivity contribution in [1.29, 1.82) is 0 Å². The number of amides is 1. The molecule has 144 valence electrons. The van der Waals surface area contributed by atoms with E-state index < -0.39 is 23.4 Å². The lowest BCUT2D eigenvalue weighted by Gasteiger charge is -2.26. The fraction of sp³-hybridized carbons (Fsp3) is 0.350. The average molecular weight is 379 g/mol. The SMILES string of the molecule is COc1cccc(CN(CC2CCCO2)C(=O)c2cc(F)c(F)c(F)c2)c1. The monoisotopic (exact) mass is 379 g/mol. The Kier molecular flexibility index (Phi) is 6.01. The summed E-state index contributed by atoms with van der Waals surface area (Å²) in [5.74, 6) is -4.33. The van der Waals surface area contributed by atoms with Gasteiger partial charge in [0.25, 0.3) is 5.91 Å². The summed E-state index contributed by atoms with van der Waals surface area (Å²) >= 11 is 0. The van der Waals surface area contributed by atoms with Gasteiger partial charge in [0.05, 0.1) is 13.2 Å². The van der Waals surface area contributed by atoms with Crippen LogP contribution >= 0.6 is 0 Å². The van der Waals surface area contributed by atoms with E-state index in [1.807, 2.05) is 6.07 Å². The van der Waals surface area contributed by atoms with Gasteiger partial charge in [0.2, 0.25) is 0 Å². The highest BCUT2D eigenvalue weighted by Crippen LogP contribution is 2.21. The Morgan fingerprint density at radius 2 is 1.96 bits per heavy atom. The highest BCUT2D eigenvalue weighted by molar-refractivity contribution is 5.94. The molecule has 1 fully saturated rings. The van der Waals surface area contributed by atoms with E-state index in [9.17, 15) is 18.0 Å². The summed E-state index contributed by atoms with van der Waals surface area (Å²) < 4.78 is 51.1. The molecule has 0 radical (unpaired) electrons. The number of carbonyl (C=O) groups excluding carboxylic acids is 1. The van der Waals surface area contributed by atoms with Crippen LogP contribution in [0.5, 0.6) is 5.75 Å². The lowest BCUT2D eigenvalue weighted by atomic mass is 10.1. The number of rotatable bonds is 6. The molecule has 4 nitrogen and oxygen atoms in total. The molecule has 2 aromatic rings. The van der Waals surface area contributed by atoms with Gasteiger partial charge >= 0.3 is 0 Å². The Labute approximate surface area is 155 Å². The summed E-state index contributed by atoms with van der Waals surface area (Å²) in [4.78, 5) is 14.3. The Morgan fingerprint density at radius 3 is 2.59 bits per heavy atom. The van der Waals surface area contributed by atoms with E-state index in [2.05, 4.69) is 0 Å². The fourth-order valence-electron chi connectivity index (χ4n) is 3.11. The van der Waals surface area contributed by atoms with Crippen molar-refractivity contribution in [3.63, 3.8) is 0 Å². The molecule has 1 saturated heterocycles. The Balaban J connectivity index is 1.87. The quantitative estimate of drug-likeness (QED) is 0.714. The lowest BCUT2D eigenvalue weighted by Crippen LogP contribution is -2.37. The maximum atomic E-state index is 13.6. The second-order valence-electron chi connectivity index (χ2n) is 6.43. The van der Waals surface area contributed by atoms with E-state index in [-0.39, 0.29) is 24.8 Å². The van der Waals surface area contributed by atoms with E-state index in [0.29, 0.717) is 12.4 Å². The van der Waals surface area contributed by atoms with Crippen LogP contribution in [0.4, 0.5) is 13.2 Å². The van der Waals surface area contributed by atoms with Crippen LogP contribution in [-0.2, 0) is 11.3 Å². The van der Waals surface area contributed by atoms with Crippen LogP contribution in [-0.4, -0.2) is 37.2 Å². The first-order valence-electron chi connectivity index (χ1n) is 8.66. The molecule has 1 amide bonds. The van der Waals surface area contributed by atoms with Crippen molar-refractivity contribution < 1.29 is 27.4 Å². The predicted octanol–water partition coefficient (Wildman–Crippen LogP) is 3.93. The van der Waals surface area contributed by atoms with E-state index in [1.165, 1.54) is 4.90 Å². The molecule has 0 saturated carbocycles. The van der Waals surface area contributed by atoms with Crippen molar-refractivity contribution in [1.82, 2.24) is 4.90 Å². The number of carbonyl (C=O) groups is 1. The molecule has 1 aliphatic heterocycles. The van der Waals surface area contributed by atoms with Gasteiger partial charge in [0.1, 0.15) is 5.75 Å². The van der Waals surface area contributed by atoms with Crippen LogP contribution < -0.4 is 4.74 Å². The molecule has 0 aromatic heterocycles. The zero-order valence-electron chi connectivity index (χ0n) is 14.9. The summed E-state index contributed by atoms with van der Waals surface area (Å²) in [5, 5.41) is 0. The predicted molar refractivity (Wildman–Crippen MR) is 93.0 cm³/mol. The number of hydrogen-bond acceptors (Lipinski definition) is 3. The van der Waals surface area contributed by atoms with Gasteiger partial charge in [-0.1, -0.05) is 12.1 Å². The van der Waals surface area contributed by atoms with Crippen molar-refractivity contribution in [3.05, 3.63) is 65.0 Å². The molecule has 0 spiro atoms. The van der Waals surface area contributed by atoms with Gasteiger partial charge in [-0.3, -0.25) is 4.79 Å². The summed E-state index contributed by atoms with van der Waals surface area (Å²) in [6.45, 7) is 1.10. The minimum Gasteiger partial charge on any atom is -0.497 e. The molecular formula is C20H20F3NO3. The lowest BCUT2D eigenvalue weighted by molar-refractivity contribution is 0.0506. The first-order valence-corrected chi connectivity index (χ1v) is 8.66. The first-order chi connectivity index (χ1) is 13.0. The highest BCUT2D eigenvalue weighted by atomic mass is 19.2. The Hall–Kier alpha value is -2.54. The molecule has 1 unspecified atom stereocenters. The van der Waals surface area contributed by atoms with E-state index in [4.69, 9.17) is 9.47 Å².